The van der Waals surface area contributed by atoms with Crippen LogP contribution in [-0.2, 0) is 0 Å². The summed E-state index contributed by atoms with van der Waals surface area (Å²) >= 11 is 5.77. The molecule has 0 atom stereocenters. The molecule has 6 nitrogen and oxygen atoms in total. The summed E-state index contributed by atoms with van der Waals surface area (Å²) in [5.41, 5.74) is -0.958. The number of nitrogens with one attached hydrogen (secondary N) is 1. The standard InChI is InChI=1S/C13H18ClN3O3/c14-11-6-5-10(17(19)20)12(16-11)15-9-13(18)7-3-1-2-4-8-13/h5-6,18H,1-4,7-9H2,(H,15,16). The Morgan fingerprint density at radius 1 is 1.35 bits per heavy atom. The zero-order valence-electron chi connectivity index (χ0n) is 11.1. The van der Waals surface area contributed by atoms with Gasteiger partial charge < -0.3 is 10.4 Å². The molecule has 0 saturated heterocycles. The second-order valence-electron chi connectivity index (χ2n) is 5.25. The van der Waals surface area contributed by atoms with Crippen molar-refractivity contribution in [3.63, 3.8) is 0 Å². The molecule has 1 heterocycles. The van der Waals surface area contributed by atoms with Crippen molar-refractivity contribution >= 4 is 23.1 Å². The Balaban J connectivity index is 2.09. The molecule has 110 valence electrons. The Kier molecular flexibility index (Phi) is 4.77. The molecule has 2 N–H and O–H groups in total. The number of nitro groups is 1. The third-order valence-corrected chi connectivity index (χ3v) is 3.87. The van der Waals surface area contributed by atoms with E-state index in [0.29, 0.717) is 12.8 Å². The van der Waals surface area contributed by atoms with E-state index in [1.807, 2.05) is 0 Å². The number of aliphatic hydroxyl groups is 1. The summed E-state index contributed by atoms with van der Waals surface area (Å²) in [5, 5.41) is 24.5. The molecule has 0 unspecified atom stereocenters. The lowest BCUT2D eigenvalue weighted by Gasteiger charge is -2.26. The monoisotopic (exact) mass is 299 g/mol. The molecular weight excluding hydrogens is 282 g/mol. The Labute approximate surface area is 122 Å². The largest absolute Gasteiger partial charge is 0.388 e. The molecule has 1 aliphatic rings. The zero-order chi connectivity index (χ0) is 14.6. The first-order valence-electron chi connectivity index (χ1n) is 6.77. The predicted octanol–water partition coefficient (Wildman–Crippen LogP) is 3.14. The summed E-state index contributed by atoms with van der Waals surface area (Å²) in [4.78, 5) is 14.4. The first kappa shape index (κ1) is 15.0. The van der Waals surface area contributed by atoms with Crippen molar-refractivity contribution in [3.05, 3.63) is 27.4 Å². The van der Waals surface area contributed by atoms with Crippen LogP contribution in [0.15, 0.2) is 12.1 Å². The van der Waals surface area contributed by atoms with Crippen molar-refractivity contribution in [1.82, 2.24) is 4.98 Å². The normalized spacial score (nSPS) is 18.3. The number of pyridine rings is 1. The topological polar surface area (TPSA) is 88.3 Å². The quantitative estimate of drug-likeness (QED) is 0.386. The van der Waals surface area contributed by atoms with E-state index < -0.39 is 10.5 Å². The second kappa shape index (κ2) is 6.37. The summed E-state index contributed by atoms with van der Waals surface area (Å²) in [5.74, 6) is 0.111. The average molecular weight is 300 g/mol. The third-order valence-electron chi connectivity index (χ3n) is 3.66. The third kappa shape index (κ3) is 3.80. The van der Waals surface area contributed by atoms with Crippen molar-refractivity contribution in [2.45, 2.75) is 44.1 Å². The van der Waals surface area contributed by atoms with Crippen LogP contribution in [0.3, 0.4) is 0 Å². The van der Waals surface area contributed by atoms with E-state index in [2.05, 4.69) is 10.3 Å². The van der Waals surface area contributed by atoms with Gasteiger partial charge in [0, 0.05) is 12.6 Å². The van der Waals surface area contributed by atoms with Crippen LogP contribution >= 0.6 is 11.6 Å². The fraction of sp³-hybridized carbons (Fsp3) is 0.615. The van der Waals surface area contributed by atoms with E-state index in [9.17, 15) is 15.2 Å². The van der Waals surface area contributed by atoms with Gasteiger partial charge in [0.15, 0.2) is 0 Å². The lowest BCUT2D eigenvalue weighted by molar-refractivity contribution is -0.384. The molecule has 7 heteroatoms. The first-order valence-corrected chi connectivity index (χ1v) is 7.15. The van der Waals surface area contributed by atoms with Gasteiger partial charge in [0.2, 0.25) is 5.82 Å². The molecule has 0 bridgehead atoms. The molecule has 0 aliphatic heterocycles. The number of nitrogens with zero attached hydrogens (tertiary/aromatic N) is 2. The lowest BCUT2D eigenvalue weighted by atomic mass is 9.94. The molecular formula is C13H18ClN3O3. The summed E-state index contributed by atoms with van der Waals surface area (Å²) < 4.78 is 0. The maximum atomic E-state index is 10.9. The highest BCUT2D eigenvalue weighted by Crippen LogP contribution is 2.29. The first-order chi connectivity index (χ1) is 9.50. The van der Waals surface area contributed by atoms with Gasteiger partial charge >= 0.3 is 5.69 Å². The summed E-state index contributed by atoms with van der Waals surface area (Å²) in [6.45, 7) is 0.251. The SMILES string of the molecule is O=[N+]([O-])c1ccc(Cl)nc1NCC1(O)CCCCCC1. The highest BCUT2D eigenvalue weighted by atomic mass is 35.5. The minimum Gasteiger partial charge on any atom is -0.388 e. The molecule has 2 rings (SSSR count). The second-order valence-corrected chi connectivity index (χ2v) is 5.64. The van der Waals surface area contributed by atoms with Crippen LogP contribution in [-0.4, -0.2) is 27.2 Å². The fourth-order valence-electron chi connectivity index (χ4n) is 2.52. The summed E-state index contributed by atoms with van der Waals surface area (Å²) in [7, 11) is 0. The number of hydrogen-bond acceptors (Lipinski definition) is 5. The fourth-order valence-corrected chi connectivity index (χ4v) is 2.66. The van der Waals surface area contributed by atoms with Crippen molar-refractivity contribution in [1.29, 1.82) is 0 Å². The highest BCUT2D eigenvalue weighted by Gasteiger charge is 2.29. The summed E-state index contributed by atoms with van der Waals surface area (Å²) in [6.07, 6.45) is 5.60. The minimum atomic E-state index is -0.825. The van der Waals surface area contributed by atoms with E-state index >= 15 is 0 Å². The van der Waals surface area contributed by atoms with Gasteiger partial charge in [0.05, 0.1) is 10.5 Å². The number of anilines is 1. The van der Waals surface area contributed by atoms with E-state index in [-0.39, 0.29) is 23.2 Å². The molecule has 1 fully saturated rings. The molecule has 0 radical (unpaired) electrons. The van der Waals surface area contributed by atoms with Gasteiger partial charge in [-0.25, -0.2) is 4.98 Å². The van der Waals surface area contributed by atoms with Crippen LogP contribution in [0.2, 0.25) is 5.15 Å². The lowest BCUT2D eigenvalue weighted by Crippen LogP contribution is -2.36. The minimum absolute atomic E-state index is 0.111. The maximum Gasteiger partial charge on any atom is 0.311 e. The van der Waals surface area contributed by atoms with Crippen LogP contribution in [0.25, 0.3) is 0 Å². The van der Waals surface area contributed by atoms with E-state index in [0.717, 1.165) is 25.7 Å². The Morgan fingerprint density at radius 2 is 2.00 bits per heavy atom. The van der Waals surface area contributed by atoms with Crippen LogP contribution < -0.4 is 5.32 Å². The van der Waals surface area contributed by atoms with Gasteiger partial charge in [-0.2, -0.15) is 0 Å². The molecule has 20 heavy (non-hydrogen) atoms. The molecule has 0 aromatic carbocycles. The summed E-state index contributed by atoms with van der Waals surface area (Å²) in [6, 6.07) is 2.69. The number of rotatable bonds is 4. The Hall–Kier alpha value is -1.40. The van der Waals surface area contributed by atoms with Crippen LogP contribution in [0.4, 0.5) is 11.5 Å². The maximum absolute atomic E-state index is 10.9. The van der Waals surface area contributed by atoms with Gasteiger partial charge in [-0.05, 0) is 18.9 Å². The molecule has 1 aromatic heterocycles. The number of aromatic nitrogens is 1. The predicted molar refractivity (Wildman–Crippen MR) is 77.0 cm³/mol. The Morgan fingerprint density at radius 3 is 2.60 bits per heavy atom. The van der Waals surface area contributed by atoms with Gasteiger partial charge in [-0.3, -0.25) is 10.1 Å². The Bertz CT molecular complexity index is 488. The van der Waals surface area contributed by atoms with Crippen LogP contribution in [0.1, 0.15) is 38.5 Å². The molecule has 0 spiro atoms. The van der Waals surface area contributed by atoms with Crippen molar-refractivity contribution in [2.24, 2.45) is 0 Å². The van der Waals surface area contributed by atoms with E-state index in [1.54, 1.807) is 0 Å². The van der Waals surface area contributed by atoms with Gasteiger partial charge in [0.1, 0.15) is 5.15 Å². The molecule has 0 amide bonds. The van der Waals surface area contributed by atoms with Crippen LogP contribution in [0, 0.1) is 10.1 Å². The van der Waals surface area contributed by atoms with Crippen molar-refractivity contribution < 1.29 is 10.0 Å². The van der Waals surface area contributed by atoms with Gasteiger partial charge in [-0.1, -0.05) is 37.3 Å². The number of hydrogen-bond donors (Lipinski definition) is 2. The van der Waals surface area contributed by atoms with E-state index in [4.69, 9.17) is 11.6 Å². The van der Waals surface area contributed by atoms with Crippen molar-refractivity contribution in [3.8, 4) is 0 Å². The van der Waals surface area contributed by atoms with E-state index in [1.165, 1.54) is 12.1 Å². The molecule has 1 aliphatic carbocycles. The van der Waals surface area contributed by atoms with Gasteiger partial charge in [0.25, 0.3) is 0 Å². The molecule has 1 saturated carbocycles. The van der Waals surface area contributed by atoms with Crippen molar-refractivity contribution in [2.75, 3.05) is 11.9 Å². The number of halogens is 1. The molecule has 1 aromatic rings. The van der Waals surface area contributed by atoms with Gasteiger partial charge in [-0.15, -0.1) is 0 Å². The average Bonchev–Trinajstić information content (AvgIpc) is 2.62. The van der Waals surface area contributed by atoms with Crippen LogP contribution in [0.5, 0.6) is 0 Å². The highest BCUT2D eigenvalue weighted by molar-refractivity contribution is 6.29. The smallest absolute Gasteiger partial charge is 0.311 e. The zero-order valence-corrected chi connectivity index (χ0v) is 11.9.